The molecule has 5 nitrogen and oxygen atoms in total. The van der Waals surface area contributed by atoms with Crippen molar-refractivity contribution in [3.8, 4) is 0 Å². The fourth-order valence-corrected chi connectivity index (χ4v) is 4.44. The van der Waals surface area contributed by atoms with Crippen LogP contribution >= 0.6 is 11.6 Å². The molecule has 3 unspecified atom stereocenters. The van der Waals surface area contributed by atoms with Gasteiger partial charge < -0.3 is 9.15 Å². The lowest BCUT2D eigenvalue weighted by Gasteiger charge is -2.28. The molecule has 2 rings (SSSR count). The molecule has 0 saturated carbocycles. The first-order chi connectivity index (χ1) is 15.0. The van der Waals surface area contributed by atoms with Crippen molar-refractivity contribution in [3.05, 3.63) is 34.5 Å². The third-order valence-electron chi connectivity index (χ3n) is 6.27. The zero-order chi connectivity index (χ0) is 23.9. The van der Waals surface area contributed by atoms with E-state index in [4.69, 9.17) is 20.8 Å². The van der Waals surface area contributed by atoms with Gasteiger partial charge >= 0.3 is 0 Å². The van der Waals surface area contributed by atoms with Crippen molar-refractivity contribution in [1.82, 2.24) is 4.98 Å². The van der Waals surface area contributed by atoms with Gasteiger partial charge in [-0.25, -0.2) is 4.98 Å². The molecule has 1 aromatic rings. The third-order valence-corrected chi connectivity index (χ3v) is 6.68. The minimum absolute atomic E-state index is 0.0168. The largest absolute Gasteiger partial charge is 0.449 e. The summed E-state index contributed by atoms with van der Waals surface area (Å²) in [4.78, 5) is 30.2. The predicted molar refractivity (Wildman–Crippen MR) is 128 cm³/mol. The number of ketones is 2. The summed E-state index contributed by atoms with van der Waals surface area (Å²) in [7, 11) is 0. The van der Waals surface area contributed by atoms with Crippen LogP contribution in [0.25, 0.3) is 6.08 Å². The normalized spacial score (nSPS) is 27.3. The smallest absolute Gasteiger partial charge is 0.191 e. The van der Waals surface area contributed by atoms with Gasteiger partial charge in [0.1, 0.15) is 23.5 Å². The van der Waals surface area contributed by atoms with E-state index in [1.807, 2.05) is 27.7 Å². The average Bonchev–Trinajstić information content (AvgIpc) is 3.12. The van der Waals surface area contributed by atoms with Gasteiger partial charge in [0.15, 0.2) is 5.89 Å². The Balaban J connectivity index is 2.23. The van der Waals surface area contributed by atoms with Gasteiger partial charge in [0.2, 0.25) is 0 Å². The fourth-order valence-electron chi connectivity index (χ4n) is 4.16. The summed E-state index contributed by atoms with van der Waals surface area (Å²) >= 11 is 6.65. The molecule has 0 fully saturated rings. The molecule has 0 aliphatic carbocycles. The van der Waals surface area contributed by atoms with Crippen LogP contribution in [-0.4, -0.2) is 29.3 Å². The van der Waals surface area contributed by atoms with Gasteiger partial charge in [-0.2, -0.15) is 0 Å². The maximum absolute atomic E-state index is 13.0. The molecule has 0 amide bonds. The lowest BCUT2D eigenvalue weighted by atomic mass is 9.76. The maximum atomic E-state index is 13.0. The van der Waals surface area contributed by atoms with E-state index in [1.54, 1.807) is 19.3 Å². The van der Waals surface area contributed by atoms with Gasteiger partial charge in [0, 0.05) is 42.0 Å². The second-order valence-corrected chi connectivity index (χ2v) is 10.3. The first-order valence-corrected chi connectivity index (χ1v) is 12.0. The van der Waals surface area contributed by atoms with Crippen molar-refractivity contribution in [2.24, 2.45) is 17.3 Å². The van der Waals surface area contributed by atoms with Crippen LogP contribution in [0.5, 0.6) is 0 Å². The summed E-state index contributed by atoms with van der Waals surface area (Å²) in [6, 6.07) is 0. The van der Waals surface area contributed by atoms with E-state index in [1.165, 1.54) is 5.57 Å². The molecule has 0 saturated heterocycles. The topological polar surface area (TPSA) is 69.4 Å². The number of nitrogens with zero attached hydrogens (tertiary/aromatic N) is 1. The van der Waals surface area contributed by atoms with Gasteiger partial charge in [-0.05, 0) is 45.6 Å². The van der Waals surface area contributed by atoms with Crippen molar-refractivity contribution in [3.63, 3.8) is 0 Å². The van der Waals surface area contributed by atoms with E-state index in [9.17, 15) is 9.59 Å². The van der Waals surface area contributed by atoms with Gasteiger partial charge in [-0.1, -0.05) is 44.0 Å². The lowest BCUT2D eigenvalue weighted by Crippen LogP contribution is -2.32. The van der Waals surface area contributed by atoms with E-state index >= 15 is 0 Å². The molecule has 0 radical (unpaired) electrons. The van der Waals surface area contributed by atoms with Crippen LogP contribution < -0.4 is 0 Å². The van der Waals surface area contributed by atoms with Crippen molar-refractivity contribution >= 4 is 29.2 Å². The van der Waals surface area contributed by atoms with Crippen LogP contribution in [0.3, 0.4) is 0 Å². The van der Waals surface area contributed by atoms with Crippen molar-refractivity contribution < 1.29 is 18.7 Å². The van der Waals surface area contributed by atoms with Crippen molar-refractivity contribution in [2.75, 3.05) is 6.61 Å². The Bertz CT molecular complexity index is 852. The standard InChI is InChI=1S/C26H38ClNO4/c1-17-7-8-21(24(27)15-22-16-32-20(4)28-22)14-23(29)9-11-26(5,6)25(30)18(2)13-19(3)31-12-10-17/h7,15-16,18-19,21H,8-14H2,1-6H3. The molecule has 6 heteroatoms. The number of Topliss-reactive ketones (excluding diaryl/α,β-unsaturated/α-hetero) is 2. The van der Waals surface area contributed by atoms with Crippen molar-refractivity contribution in [1.29, 1.82) is 0 Å². The molecule has 3 atom stereocenters. The Labute approximate surface area is 197 Å². The molecule has 0 N–H and O–H groups in total. The molecule has 1 aliphatic heterocycles. The Morgan fingerprint density at radius 3 is 2.59 bits per heavy atom. The molecular weight excluding hydrogens is 426 g/mol. The van der Waals surface area contributed by atoms with Crippen LogP contribution in [0, 0.1) is 24.2 Å². The van der Waals surface area contributed by atoms with Crippen LogP contribution in [0.4, 0.5) is 0 Å². The van der Waals surface area contributed by atoms with E-state index in [-0.39, 0.29) is 29.5 Å². The zero-order valence-electron chi connectivity index (χ0n) is 20.4. The Morgan fingerprint density at radius 2 is 1.94 bits per heavy atom. The summed E-state index contributed by atoms with van der Waals surface area (Å²) in [5.74, 6) is 0.652. The van der Waals surface area contributed by atoms with Crippen molar-refractivity contribution in [2.45, 2.75) is 86.2 Å². The number of aromatic nitrogens is 1. The summed E-state index contributed by atoms with van der Waals surface area (Å²) in [5.41, 5.74) is 1.31. The third kappa shape index (κ3) is 8.32. The van der Waals surface area contributed by atoms with E-state index in [0.29, 0.717) is 55.3 Å². The Hall–Kier alpha value is -1.72. The average molecular weight is 464 g/mol. The van der Waals surface area contributed by atoms with E-state index in [2.05, 4.69) is 18.0 Å². The van der Waals surface area contributed by atoms with Gasteiger partial charge in [0.25, 0.3) is 0 Å². The van der Waals surface area contributed by atoms with Gasteiger partial charge in [-0.15, -0.1) is 0 Å². The SMILES string of the molecule is CC1=CCC(C(Cl)=Cc2coc(C)n2)CC(=O)CCC(C)(C)C(=O)C(C)CC(C)OCC1. The zero-order valence-corrected chi connectivity index (χ0v) is 21.1. The molecule has 2 heterocycles. The summed E-state index contributed by atoms with van der Waals surface area (Å²) in [6.07, 6.45) is 8.91. The number of ether oxygens (including phenoxy) is 1. The number of hydrogen-bond acceptors (Lipinski definition) is 5. The molecule has 32 heavy (non-hydrogen) atoms. The van der Waals surface area contributed by atoms with Crippen LogP contribution in [-0.2, 0) is 14.3 Å². The number of rotatable bonds is 2. The van der Waals surface area contributed by atoms with Gasteiger partial charge in [0.05, 0.1) is 12.7 Å². The highest BCUT2D eigenvalue weighted by Crippen LogP contribution is 2.32. The Kier molecular flexibility index (Phi) is 9.90. The van der Waals surface area contributed by atoms with Crippen LogP contribution in [0.2, 0.25) is 0 Å². The summed E-state index contributed by atoms with van der Waals surface area (Å²) in [5, 5.41) is 0.589. The minimum atomic E-state index is -0.546. The molecule has 1 aromatic heterocycles. The summed E-state index contributed by atoms with van der Waals surface area (Å²) in [6.45, 7) is 12.3. The quantitative estimate of drug-likeness (QED) is 0.457. The number of oxazole rings is 1. The molecule has 0 aromatic carbocycles. The predicted octanol–water partition coefficient (Wildman–Crippen LogP) is 6.69. The highest BCUT2D eigenvalue weighted by Gasteiger charge is 2.32. The molecule has 178 valence electrons. The second kappa shape index (κ2) is 11.9. The number of halogens is 1. The monoisotopic (exact) mass is 463 g/mol. The number of carbonyl (C=O) groups is 2. The lowest BCUT2D eigenvalue weighted by molar-refractivity contribution is -0.132. The minimum Gasteiger partial charge on any atom is -0.449 e. The number of hydrogen-bond donors (Lipinski definition) is 0. The molecule has 1 aliphatic rings. The molecule has 0 spiro atoms. The number of allylic oxidation sites excluding steroid dienone is 2. The van der Waals surface area contributed by atoms with Crippen LogP contribution in [0.1, 0.15) is 84.7 Å². The molecule has 0 bridgehead atoms. The van der Waals surface area contributed by atoms with E-state index < -0.39 is 5.41 Å². The number of aryl methyl sites for hydroxylation is 1. The highest BCUT2D eigenvalue weighted by molar-refractivity contribution is 6.31. The highest BCUT2D eigenvalue weighted by atomic mass is 35.5. The second-order valence-electron chi connectivity index (χ2n) is 9.86. The molecular formula is C26H38ClNO4. The number of carbonyl (C=O) groups excluding carboxylic acids is 2. The first-order valence-electron chi connectivity index (χ1n) is 11.6. The van der Waals surface area contributed by atoms with Crippen LogP contribution in [0.15, 0.2) is 27.4 Å². The van der Waals surface area contributed by atoms with Gasteiger partial charge in [-0.3, -0.25) is 9.59 Å². The maximum Gasteiger partial charge on any atom is 0.191 e. The van der Waals surface area contributed by atoms with E-state index in [0.717, 1.165) is 6.42 Å². The Morgan fingerprint density at radius 1 is 1.22 bits per heavy atom. The first kappa shape index (κ1) is 26.5. The fraction of sp³-hybridized carbons (Fsp3) is 0.654. The summed E-state index contributed by atoms with van der Waals surface area (Å²) < 4.78 is 11.2.